The van der Waals surface area contributed by atoms with Gasteiger partial charge in [-0.25, -0.2) is 0 Å². The SMILES string of the molecule is C=Cc1ccc(-n2c(-c3ccc(C4=CN=CC=C=C4)cc3)cc3sc(C(=O)C4=C[CH]4)cc32)cc1.CC.N. The Hall–Kier alpha value is -4.28. The Morgan fingerprint density at radius 2 is 1.73 bits per heavy atom. The Labute approximate surface area is 221 Å². The van der Waals surface area contributed by atoms with Crippen molar-refractivity contribution in [3.05, 3.63) is 125 Å². The number of thiophene rings is 1. The number of allylic oxidation sites excluding steroid dienone is 4. The first kappa shape index (κ1) is 25.8. The minimum Gasteiger partial charge on any atom is -0.344 e. The van der Waals surface area contributed by atoms with E-state index in [1.807, 2.05) is 50.8 Å². The molecule has 0 amide bonds. The van der Waals surface area contributed by atoms with Gasteiger partial charge in [0.2, 0.25) is 0 Å². The molecule has 183 valence electrons. The van der Waals surface area contributed by atoms with Crippen LogP contribution >= 0.6 is 11.3 Å². The highest BCUT2D eigenvalue weighted by molar-refractivity contribution is 7.21. The Kier molecular flexibility index (Phi) is 7.80. The van der Waals surface area contributed by atoms with Crippen LogP contribution in [0.15, 0.2) is 108 Å². The fourth-order valence-corrected chi connectivity index (χ4v) is 5.11. The minimum absolute atomic E-state index is 0. The van der Waals surface area contributed by atoms with Crippen LogP contribution < -0.4 is 6.15 Å². The van der Waals surface area contributed by atoms with Crippen LogP contribution in [0.5, 0.6) is 0 Å². The molecule has 0 fully saturated rings. The van der Waals surface area contributed by atoms with Gasteiger partial charge in [0.05, 0.1) is 20.8 Å². The van der Waals surface area contributed by atoms with Gasteiger partial charge in [-0.3, -0.25) is 9.79 Å². The number of hydrogen-bond acceptors (Lipinski definition) is 4. The molecule has 0 saturated heterocycles. The predicted molar refractivity (Wildman–Crippen MR) is 159 cm³/mol. The van der Waals surface area contributed by atoms with Gasteiger partial charge in [-0.05, 0) is 53.1 Å². The van der Waals surface area contributed by atoms with E-state index in [-0.39, 0.29) is 11.9 Å². The highest BCUT2D eigenvalue weighted by Crippen LogP contribution is 2.38. The number of Topliss-reactive ketones (excluding diaryl/α,β-unsaturated/α-hetero) is 1. The van der Waals surface area contributed by atoms with Crippen molar-refractivity contribution in [2.75, 3.05) is 0 Å². The van der Waals surface area contributed by atoms with Gasteiger partial charge in [0.1, 0.15) is 0 Å². The number of fused-ring (bicyclic) bond motifs is 1. The molecule has 5 heteroatoms. The number of aliphatic imine (C=N–C) groups is 1. The molecule has 2 aromatic heterocycles. The summed E-state index contributed by atoms with van der Waals surface area (Å²) in [6, 6.07) is 21.0. The maximum atomic E-state index is 12.6. The molecule has 4 nitrogen and oxygen atoms in total. The summed E-state index contributed by atoms with van der Waals surface area (Å²) in [7, 11) is 0. The van der Waals surface area contributed by atoms with Crippen LogP contribution in [0.2, 0.25) is 0 Å². The Balaban J connectivity index is 0.00000104. The maximum Gasteiger partial charge on any atom is 0.199 e. The van der Waals surface area contributed by atoms with Gasteiger partial charge in [0.15, 0.2) is 5.78 Å². The van der Waals surface area contributed by atoms with Crippen LogP contribution in [-0.4, -0.2) is 16.6 Å². The number of carbonyl (C=O) groups is 1. The van der Waals surface area contributed by atoms with Crippen LogP contribution in [-0.2, 0) is 0 Å². The lowest BCUT2D eigenvalue weighted by Crippen LogP contribution is -1.97. The van der Waals surface area contributed by atoms with Gasteiger partial charge in [-0.1, -0.05) is 69.0 Å². The zero-order valence-electron chi connectivity index (χ0n) is 20.9. The summed E-state index contributed by atoms with van der Waals surface area (Å²) < 4.78 is 3.32. The number of aromatic nitrogens is 1. The van der Waals surface area contributed by atoms with E-state index in [1.165, 1.54) is 0 Å². The first-order valence-corrected chi connectivity index (χ1v) is 12.8. The van der Waals surface area contributed by atoms with Crippen LogP contribution in [0.1, 0.15) is 34.6 Å². The molecular weight excluding hydrogens is 474 g/mol. The number of ketones is 1. The number of rotatable bonds is 6. The van der Waals surface area contributed by atoms with Crippen LogP contribution in [0.3, 0.4) is 0 Å². The Bertz CT molecular complexity index is 1620. The first-order chi connectivity index (χ1) is 17.7. The number of nitrogens with zero attached hydrogens (tertiary/aromatic N) is 2. The summed E-state index contributed by atoms with van der Waals surface area (Å²) in [6.07, 6.45) is 12.9. The van der Waals surface area contributed by atoms with Gasteiger partial charge < -0.3 is 10.7 Å². The van der Waals surface area contributed by atoms with E-state index in [4.69, 9.17) is 0 Å². The van der Waals surface area contributed by atoms with E-state index in [1.54, 1.807) is 23.6 Å². The summed E-state index contributed by atoms with van der Waals surface area (Å²) in [5, 5.41) is 0. The highest BCUT2D eigenvalue weighted by Gasteiger charge is 2.23. The van der Waals surface area contributed by atoms with E-state index in [0.717, 1.165) is 54.3 Å². The van der Waals surface area contributed by atoms with Crippen LogP contribution in [0, 0.1) is 6.42 Å². The van der Waals surface area contributed by atoms with Gasteiger partial charge in [-0.15, -0.1) is 17.1 Å². The number of carbonyl (C=O) groups excluding carboxylic acids is 1. The molecule has 0 unspecified atom stereocenters. The summed E-state index contributed by atoms with van der Waals surface area (Å²) in [5.74, 6) is 0.0992. The van der Waals surface area contributed by atoms with Crippen LogP contribution in [0.4, 0.5) is 0 Å². The van der Waals surface area contributed by atoms with Crippen molar-refractivity contribution < 1.29 is 4.79 Å². The molecule has 3 N–H and O–H groups in total. The van der Waals surface area contributed by atoms with Crippen molar-refractivity contribution >= 4 is 45.2 Å². The average Bonchev–Trinajstić information content (AvgIpc) is 3.68. The van der Waals surface area contributed by atoms with E-state index in [9.17, 15) is 4.79 Å². The van der Waals surface area contributed by atoms with Crippen molar-refractivity contribution in [1.29, 1.82) is 0 Å². The summed E-state index contributed by atoms with van der Waals surface area (Å²) >= 11 is 1.54. The summed E-state index contributed by atoms with van der Waals surface area (Å²) in [4.78, 5) is 17.7. The molecule has 2 aromatic carbocycles. The lowest BCUT2D eigenvalue weighted by atomic mass is 10.0. The topological polar surface area (TPSA) is 69.4 Å². The van der Waals surface area contributed by atoms with Gasteiger partial charge >= 0.3 is 0 Å². The molecule has 0 atom stereocenters. The number of hydrogen-bond donors (Lipinski definition) is 1. The Morgan fingerprint density at radius 1 is 1.03 bits per heavy atom. The van der Waals surface area contributed by atoms with E-state index in [2.05, 4.69) is 76.5 Å². The van der Waals surface area contributed by atoms with E-state index < -0.39 is 0 Å². The maximum absolute atomic E-state index is 12.6. The van der Waals surface area contributed by atoms with Gasteiger partial charge in [0, 0.05) is 35.7 Å². The fraction of sp³-hybridized carbons (Fsp3) is 0.0625. The Morgan fingerprint density at radius 3 is 2.41 bits per heavy atom. The molecule has 1 aliphatic carbocycles. The molecule has 1 aliphatic heterocycles. The summed E-state index contributed by atoms with van der Waals surface area (Å²) in [5.41, 5.74) is 11.3. The van der Waals surface area contributed by atoms with E-state index >= 15 is 0 Å². The zero-order valence-corrected chi connectivity index (χ0v) is 21.8. The van der Waals surface area contributed by atoms with Crippen molar-refractivity contribution in [3.8, 4) is 16.9 Å². The molecule has 37 heavy (non-hydrogen) atoms. The monoisotopic (exact) mass is 502 g/mol. The lowest BCUT2D eigenvalue weighted by molar-refractivity contribution is 0.104. The zero-order chi connectivity index (χ0) is 25.1. The molecule has 3 heterocycles. The predicted octanol–water partition coefficient (Wildman–Crippen LogP) is 8.65. The standard InChI is InChI=1S/C30H19N2OS.C2H6.H3N/c1-2-20-6-14-25(15-7-20)32-26(17-28-27(32)18-29(34-28)30(33)23-12-13-23)22-10-8-21(9-11-22)24-5-3-4-16-31-19-24;1-2;/h2,4-19H,1H2;1-2H3;1H3. The third-order valence-electron chi connectivity index (χ3n) is 5.92. The van der Waals surface area contributed by atoms with E-state index in [0.29, 0.717) is 0 Å². The third kappa shape index (κ3) is 5.16. The normalized spacial score (nSPS) is 13.1. The lowest BCUT2D eigenvalue weighted by Gasteiger charge is -2.12. The van der Waals surface area contributed by atoms with Crippen molar-refractivity contribution in [2.45, 2.75) is 13.8 Å². The molecule has 6 rings (SSSR count). The highest BCUT2D eigenvalue weighted by atomic mass is 32.1. The molecule has 0 spiro atoms. The number of benzene rings is 2. The summed E-state index contributed by atoms with van der Waals surface area (Å²) in [6.45, 7) is 7.86. The molecule has 1 radical (unpaired) electrons. The fourth-order valence-electron chi connectivity index (χ4n) is 4.07. The molecular formula is C32H28N3OS. The van der Waals surface area contributed by atoms with Gasteiger partial charge in [-0.2, -0.15) is 0 Å². The molecule has 4 aromatic rings. The molecule has 0 saturated carbocycles. The molecule has 2 aliphatic rings. The van der Waals surface area contributed by atoms with Crippen molar-refractivity contribution in [1.82, 2.24) is 10.7 Å². The second kappa shape index (κ2) is 11.2. The second-order valence-electron chi connectivity index (χ2n) is 8.08. The largest absolute Gasteiger partial charge is 0.344 e. The second-order valence-corrected chi connectivity index (χ2v) is 9.16. The quantitative estimate of drug-likeness (QED) is 0.212. The van der Waals surface area contributed by atoms with Crippen molar-refractivity contribution in [2.24, 2.45) is 4.99 Å². The van der Waals surface area contributed by atoms with Crippen LogP contribution in [0.25, 0.3) is 38.8 Å². The van der Waals surface area contributed by atoms with Gasteiger partial charge in [0.25, 0.3) is 0 Å². The van der Waals surface area contributed by atoms with Crippen molar-refractivity contribution in [3.63, 3.8) is 0 Å². The average molecular weight is 503 g/mol. The molecule has 0 bridgehead atoms. The third-order valence-corrected chi connectivity index (χ3v) is 6.99. The smallest absolute Gasteiger partial charge is 0.199 e. The first-order valence-electron chi connectivity index (χ1n) is 11.9. The minimum atomic E-state index is 0.